The number of aryl methyl sites for hydroxylation is 1. The van der Waals surface area contributed by atoms with Gasteiger partial charge in [-0.25, -0.2) is 19.9 Å². The van der Waals surface area contributed by atoms with Crippen molar-refractivity contribution in [2.24, 2.45) is 0 Å². The van der Waals surface area contributed by atoms with Crippen LogP contribution in [-0.4, -0.2) is 39.4 Å². The average Bonchev–Trinajstić information content (AvgIpc) is 3.20. The molecule has 1 aliphatic heterocycles. The number of fused-ring (bicyclic) bond motifs is 1. The van der Waals surface area contributed by atoms with Crippen LogP contribution in [0, 0.1) is 6.92 Å². The number of halogens is 4. The number of hydrogen-bond donors (Lipinski definition) is 0. The van der Waals surface area contributed by atoms with Crippen LogP contribution in [0.5, 0.6) is 5.75 Å². The molecule has 1 fully saturated rings. The van der Waals surface area contributed by atoms with E-state index < -0.39 is 6.36 Å². The maximum absolute atomic E-state index is 12.5. The van der Waals surface area contributed by atoms with Crippen LogP contribution in [0.1, 0.15) is 30.1 Å². The van der Waals surface area contributed by atoms with Crippen LogP contribution in [0.3, 0.4) is 0 Å². The van der Waals surface area contributed by atoms with Gasteiger partial charge in [-0.3, -0.25) is 0 Å². The highest BCUT2D eigenvalue weighted by Crippen LogP contribution is 2.26. The zero-order valence-corrected chi connectivity index (χ0v) is 16.7. The van der Waals surface area contributed by atoms with E-state index in [0.717, 1.165) is 31.7 Å². The van der Waals surface area contributed by atoms with E-state index in [9.17, 15) is 13.2 Å². The predicted octanol–water partition coefficient (Wildman–Crippen LogP) is 5.05. The third-order valence-electron chi connectivity index (χ3n) is 4.60. The largest absolute Gasteiger partial charge is 0.573 e. The van der Waals surface area contributed by atoms with Crippen molar-refractivity contribution in [2.45, 2.75) is 26.1 Å². The summed E-state index contributed by atoms with van der Waals surface area (Å²) in [5.41, 5.74) is 1.85. The Bertz CT molecular complexity index is 1110. The summed E-state index contributed by atoms with van der Waals surface area (Å²) in [6.45, 7) is 3.61. The van der Waals surface area contributed by atoms with Crippen molar-refractivity contribution in [2.75, 3.05) is 18.0 Å². The lowest BCUT2D eigenvalue weighted by molar-refractivity contribution is -0.274. The molecule has 0 atom stereocenters. The van der Waals surface area contributed by atoms with Gasteiger partial charge in [-0.15, -0.1) is 13.2 Å². The number of hydrogen-bond acceptors (Lipinski definition) is 6. The molecule has 0 N–H and O–H groups in total. The Morgan fingerprint density at radius 3 is 2.50 bits per heavy atom. The van der Waals surface area contributed by atoms with Gasteiger partial charge in [0.1, 0.15) is 16.7 Å². The fourth-order valence-electron chi connectivity index (χ4n) is 3.25. The summed E-state index contributed by atoms with van der Waals surface area (Å²) in [5, 5.41) is 0.335. The van der Waals surface area contributed by atoms with E-state index >= 15 is 0 Å². The molecule has 10 heteroatoms. The highest BCUT2D eigenvalue weighted by molar-refractivity contribution is 6.29. The molecule has 4 rings (SSSR count). The lowest BCUT2D eigenvalue weighted by atomic mass is 10.2. The molecule has 2 aromatic heterocycles. The highest BCUT2D eigenvalue weighted by Gasteiger charge is 2.31. The van der Waals surface area contributed by atoms with E-state index in [1.165, 1.54) is 18.2 Å². The van der Waals surface area contributed by atoms with Crippen LogP contribution in [0.4, 0.5) is 19.0 Å². The highest BCUT2D eigenvalue weighted by atomic mass is 35.5. The summed E-state index contributed by atoms with van der Waals surface area (Å²) in [6, 6.07) is 5.58. The van der Waals surface area contributed by atoms with E-state index in [4.69, 9.17) is 11.6 Å². The van der Waals surface area contributed by atoms with Gasteiger partial charge in [-0.1, -0.05) is 11.6 Å². The van der Waals surface area contributed by atoms with Crippen LogP contribution in [0.2, 0.25) is 5.15 Å². The van der Waals surface area contributed by atoms with Gasteiger partial charge in [0.2, 0.25) is 0 Å². The maximum Gasteiger partial charge on any atom is 0.573 e. The molecule has 0 aliphatic carbocycles. The van der Waals surface area contributed by atoms with Gasteiger partial charge < -0.3 is 9.64 Å². The number of aromatic nitrogens is 4. The first-order valence-electron chi connectivity index (χ1n) is 9.29. The molecule has 1 saturated heterocycles. The molecule has 1 aliphatic rings. The number of ether oxygens (including phenoxy) is 1. The molecule has 156 valence electrons. The monoisotopic (exact) mass is 435 g/mol. The molecule has 0 spiro atoms. The maximum atomic E-state index is 12.5. The number of anilines is 1. The second-order valence-electron chi connectivity index (χ2n) is 6.83. The van der Waals surface area contributed by atoms with Crippen molar-refractivity contribution < 1.29 is 17.9 Å². The number of nitrogens with zero attached hydrogens (tertiary/aromatic N) is 5. The van der Waals surface area contributed by atoms with Crippen molar-refractivity contribution in [3.63, 3.8) is 0 Å². The molecular formula is C20H17ClF3N5O. The van der Waals surface area contributed by atoms with E-state index in [2.05, 4.69) is 29.6 Å². The van der Waals surface area contributed by atoms with Gasteiger partial charge in [0.15, 0.2) is 5.82 Å². The first-order chi connectivity index (χ1) is 14.3. The van der Waals surface area contributed by atoms with E-state index in [1.54, 1.807) is 25.1 Å². The summed E-state index contributed by atoms with van der Waals surface area (Å²) in [4.78, 5) is 19.7. The SMILES string of the molecule is Cc1nc2ccc(OC(F)(F)F)cc2nc1C=Cc1nc(Cl)cc(N2CCCC2)n1. The minimum absolute atomic E-state index is 0.284. The third-order valence-corrected chi connectivity index (χ3v) is 4.79. The van der Waals surface area contributed by atoms with Crippen LogP contribution >= 0.6 is 11.6 Å². The molecule has 1 aromatic carbocycles. The summed E-state index contributed by atoms with van der Waals surface area (Å²) >= 11 is 6.14. The molecule has 6 nitrogen and oxygen atoms in total. The molecule has 0 amide bonds. The van der Waals surface area contributed by atoms with Crippen LogP contribution < -0.4 is 9.64 Å². The fraction of sp³-hybridized carbons (Fsp3) is 0.300. The summed E-state index contributed by atoms with van der Waals surface area (Å²) in [7, 11) is 0. The third kappa shape index (κ3) is 4.79. The van der Waals surface area contributed by atoms with Crippen LogP contribution in [-0.2, 0) is 0 Å². The number of alkyl halides is 3. The second kappa shape index (κ2) is 8.06. The summed E-state index contributed by atoms with van der Waals surface area (Å²) in [6.07, 6.45) is 0.770. The van der Waals surface area contributed by atoms with Gasteiger partial charge in [0, 0.05) is 25.2 Å². The van der Waals surface area contributed by atoms with Crippen molar-refractivity contribution in [3.05, 3.63) is 46.6 Å². The molecule has 3 aromatic rings. The number of rotatable bonds is 4. The Balaban J connectivity index is 1.64. The minimum atomic E-state index is -4.77. The predicted molar refractivity (Wildman–Crippen MR) is 108 cm³/mol. The average molecular weight is 436 g/mol. The van der Waals surface area contributed by atoms with Crippen molar-refractivity contribution in [1.82, 2.24) is 19.9 Å². The molecule has 0 radical (unpaired) electrons. The zero-order chi connectivity index (χ0) is 21.3. The lowest BCUT2D eigenvalue weighted by Crippen LogP contribution is -2.19. The Hall–Kier alpha value is -2.94. The minimum Gasteiger partial charge on any atom is -0.406 e. The van der Waals surface area contributed by atoms with Crippen LogP contribution in [0.15, 0.2) is 24.3 Å². The van der Waals surface area contributed by atoms with E-state index in [0.29, 0.717) is 27.9 Å². The normalized spacial score (nSPS) is 14.8. The van der Waals surface area contributed by atoms with Gasteiger partial charge in [-0.05, 0) is 44.1 Å². The standard InChI is InChI=1S/C20H17ClF3N5O/c1-12-14(26-16-10-13(30-20(22,23)24)4-5-15(16)25-12)6-7-18-27-17(21)11-19(28-18)29-8-2-3-9-29/h4-7,10-11H,2-3,8-9H2,1H3. The first-order valence-corrected chi connectivity index (χ1v) is 9.66. The van der Waals surface area contributed by atoms with Gasteiger partial charge in [0.05, 0.1) is 22.4 Å². The Labute approximate surface area is 175 Å². The van der Waals surface area contributed by atoms with Gasteiger partial charge in [-0.2, -0.15) is 0 Å². The van der Waals surface area contributed by atoms with Crippen molar-refractivity contribution >= 4 is 40.6 Å². The Morgan fingerprint density at radius 2 is 1.77 bits per heavy atom. The van der Waals surface area contributed by atoms with Crippen LogP contribution in [0.25, 0.3) is 23.2 Å². The smallest absolute Gasteiger partial charge is 0.406 e. The quantitative estimate of drug-likeness (QED) is 0.534. The van der Waals surface area contributed by atoms with E-state index in [-0.39, 0.29) is 11.3 Å². The zero-order valence-electron chi connectivity index (χ0n) is 15.9. The molecular weight excluding hydrogens is 419 g/mol. The fourth-order valence-corrected chi connectivity index (χ4v) is 3.43. The molecule has 0 bridgehead atoms. The van der Waals surface area contributed by atoms with Gasteiger partial charge in [0.25, 0.3) is 0 Å². The molecule has 0 saturated carbocycles. The summed E-state index contributed by atoms with van der Waals surface area (Å²) < 4.78 is 41.4. The Kier molecular flexibility index (Phi) is 5.46. The lowest BCUT2D eigenvalue weighted by Gasteiger charge is -2.16. The topological polar surface area (TPSA) is 64.0 Å². The second-order valence-corrected chi connectivity index (χ2v) is 7.21. The van der Waals surface area contributed by atoms with E-state index in [1.807, 2.05) is 0 Å². The Morgan fingerprint density at radius 1 is 1.00 bits per heavy atom. The first kappa shape index (κ1) is 20.3. The van der Waals surface area contributed by atoms with Gasteiger partial charge >= 0.3 is 6.36 Å². The summed E-state index contributed by atoms with van der Waals surface area (Å²) in [5.74, 6) is 0.832. The molecule has 30 heavy (non-hydrogen) atoms. The van der Waals surface area contributed by atoms with Crippen molar-refractivity contribution in [3.8, 4) is 5.75 Å². The molecule has 3 heterocycles. The number of benzene rings is 1. The van der Waals surface area contributed by atoms with Crippen molar-refractivity contribution in [1.29, 1.82) is 0 Å². The molecule has 0 unspecified atom stereocenters.